The number of amides is 1. The minimum atomic E-state index is -0.418. The number of benzene rings is 2. The van der Waals surface area contributed by atoms with Gasteiger partial charge in [-0.1, -0.05) is 51.8 Å². The third-order valence-electron chi connectivity index (χ3n) is 5.36. The minimum absolute atomic E-state index is 0.0330. The first-order chi connectivity index (χ1) is 14.6. The fraction of sp³-hybridized carbons (Fsp3) is 0.304. The third kappa shape index (κ3) is 4.77. The van der Waals surface area contributed by atoms with E-state index in [4.69, 9.17) is 20.8 Å². The zero-order chi connectivity index (χ0) is 21.0. The highest BCUT2D eigenvalue weighted by atomic mass is 79.9. The summed E-state index contributed by atoms with van der Waals surface area (Å²) < 4.78 is 12.4. The molecule has 0 spiro atoms. The number of halogens is 2. The SMILES string of the molecule is O=C(CCc1ncc(-c2ccccc2Cl)o1)NC1(c2cccc(Br)c2)CCOCC1. The van der Waals surface area contributed by atoms with E-state index in [1.165, 1.54) is 0 Å². The van der Waals surface area contributed by atoms with E-state index in [1.807, 2.05) is 36.4 Å². The Balaban J connectivity index is 1.43. The van der Waals surface area contributed by atoms with Gasteiger partial charge < -0.3 is 14.5 Å². The van der Waals surface area contributed by atoms with Gasteiger partial charge in [-0.05, 0) is 42.7 Å². The van der Waals surface area contributed by atoms with Crippen molar-refractivity contribution in [2.24, 2.45) is 0 Å². The number of ether oxygens (including phenoxy) is 1. The molecule has 0 bridgehead atoms. The maximum absolute atomic E-state index is 12.8. The van der Waals surface area contributed by atoms with Crippen LogP contribution in [0.4, 0.5) is 0 Å². The average molecular weight is 490 g/mol. The molecule has 3 aromatic rings. The Hall–Kier alpha value is -2.15. The Morgan fingerprint density at radius 1 is 1.17 bits per heavy atom. The van der Waals surface area contributed by atoms with Gasteiger partial charge in [0.15, 0.2) is 11.7 Å². The molecule has 5 nitrogen and oxygen atoms in total. The van der Waals surface area contributed by atoms with E-state index >= 15 is 0 Å². The number of hydrogen-bond acceptors (Lipinski definition) is 4. The topological polar surface area (TPSA) is 64.4 Å². The van der Waals surface area contributed by atoms with Crippen LogP contribution < -0.4 is 5.32 Å². The zero-order valence-corrected chi connectivity index (χ0v) is 18.7. The Kier molecular flexibility index (Phi) is 6.56. The van der Waals surface area contributed by atoms with Crippen LogP contribution in [0.1, 0.15) is 30.7 Å². The number of hydrogen-bond donors (Lipinski definition) is 1. The summed E-state index contributed by atoms with van der Waals surface area (Å²) in [5.74, 6) is 1.09. The van der Waals surface area contributed by atoms with Crippen LogP contribution in [0.2, 0.25) is 5.02 Å². The van der Waals surface area contributed by atoms with E-state index in [9.17, 15) is 4.79 Å². The summed E-state index contributed by atoms with van der Waals surface area (Å²) in [7, 11) is 0. The molecule has 30 heavy (non-hydrogen) atoms. The Morgan fingerprint density at radius 2 is 1.97 bits per heavy atom. The molecule has 0 atom stereocenters. The molecule has 1 amide bonds. The third-order valence-corrected chi connectivity index (χ3v) is 6.18. The predicted molar refractivity (Wildman–Crippen MR) is 119 cm³/mol. The lowest BCUT2D eigenvalue weighted by Gasteiger charge is -2.38. The van der Waals surface area contributed by atoms with Crippen LogP contribution in [-0.2, 0) is 21.5 Å². The van der Waals surface area contributed by atoms with Gasteiger partial charge in [0, 0.05) is 36.1 Å². The Morgan fingerprint density at radius 3 is 2.73 bits per heavy atom. The van der Waals surface area contributed by atoms with E-state index < -0.39 is 5.54 Å². The maximum atomic E-state index is 12.8. The largest absolute Gasteiger partial charge is 0.441 e. The molecule has 0 aliphatic carbocycles. The van der Waals surface area contributed by atoms with Crippen LogP contribution in [0.5, 0.6) is 0 Å². The van der Waals surface area contributed by atoms with Gasteiger partial charge in [-0.2, -0.15) is 0 Å². The molecule has 1 aromatic heterocycles. The van der Waals surface area contributed by atoms with E-state index in [2.05, 4.69) is 38.4 Å². The van der Waals surface area contributed by atoms with Crippen molar-refractivity contribution in [1.82, 2.24) is 10.3 Å². The molecule has 4 rings (SSSR count). The van der Waals surface area contributed by atoms with Gasteiger partial charge in [0.1, 0.15) is 0 Å². The zero-order valence-electron chi connectivity index (χ0n) is 16.4. The van der Waals surface area contributed by atoms with Gasteiger partial charge in [-0.3, -0.25) is 4.79 Å². The van der Waals surface area contributed by atoms with Gasteiger partial charge in [-0.15, -0.1) is 0 Å². The predicted octanol–water partition coefficient (Wildman–Crippen LogP) is 5.51. The first kappa shape index (κ1) is 21.1. The van der Waals surface area contributed by atoms with Crippen LogP contribution in [-0.4, -0.2) is 24.1 Å². The molecule has 7 heteroatoms. The molecule has 1 N–H and O–H groups in total. The smallest absolute Gasteiger partial charge is 0.221 e. The van der Waals surface area contributed by atoms with Gasteiger partial charge in [0.25, 0.3) is 0 Å². The fourth-order valence-electron chi connectivity index (χ4n) is 3.75. The van der Waals surface area contributed by atoms with Gasteiger partial charge >= 0.3 is 0 Å². The van der Waals surface area contributed by atoms with Gasteiger partial charge in [0.05, 0.1) is 16.8 Å². The number of nitrogens with zero attached hydrogens (tertiary/aromatic N) is 1. The maximum Gasteiger partial charge on any atom is 0.221 e. The highest BCUT2D eigenvalue weighted by Crippen LogP contribution is 2.34. The monoisotopic (exact) mass is 488 g/mol. The lowest BCUT2D eigenvalue weighted by atomic mass is 9.82. The molecule has 1 saturated heterocycles. The molecular formula is C23H22BrClN2O3. The molecule has 0 unspecified atom stereocenters. The number of carbonyl (C=O) groups excluding carboxylic acids is 1. The lowest BCUT2D eigenvalue weighted by Crippen LogP contribution is -2.49. The highest BCUT2D eigenvalue weighted by molar-refractivity contribution is 9.10. The van der Waals surface area contributed by atoms with Crippen LogP contribution in [0.3, 0.4) is 0 Å². The number of aromatic nitrogens is 1. The highest BCUT2D eigenvalue weighted by Gasteiger charge is 2.36. The molecule has 1 aliphatic heterocycles. The Bertz CT molecular complexity index is 1030. The summed E-state index contributed by atoms with van der Waals surface area (Å²) >= 11 is 9.76. The summed E-state index contributed by atoms with van der Waals surface area (Å²) in [4.78, 5) is 17.1. The van der Waals surface area contributed by atoms with E-state index in [1.54, 1.807) is 6.20 Å². The number of rotatable bonds is 6. The number of aryl methyl sites for hydroxylation is 1. The molecule has 2 aromatic carbocycles. The number of carbonyl (C=O) groups is 1. The summed E-state index contributed by atoms with van der Waals surface area (Å²) in [5, 5.41) is 3.87. The van der Waals surface area contributed by atoms with Gasteiger partial charge in [0.2, 0.25) is 5.91 Å². The second-order valence-electron chi connectivity index (χ2n) is 7.35. The van der Waals surface area contributed by atoms with Gasteiger partial charge in [-0.25, -0.2) is 4.98 Å². The first-order valence-corrected chi connectivity index (χ1v) is 11.1. The van der Waals surface area contributed by atoms with Crippen molar-refractivity contribution in [1.29, 1.82) is 0 Å². The number of oxazole rings is 1. The standard InChI is InChI=1S/C23H22BrClN2O3/c24-17-5-3-4-16(14-17)23(10-12-29-13-11-23)27-21(28)8-9-22-26-15-20(30-22)18-6-1-2-7-19(18)25/h1-7,14-15H,8-13H2,(H,27,28). The molecular weight excluding hydrogens is 468 g/mol. The fourth-order valence-corrected chi connectivity index (χ4v) is 4.38. The van der Waals surface area contributed by atoms with Crippen molar-refractivity contribution < 1.29 is 13.9 Å². The van der Waals surface area contributed by atoms with E-state index in [-0.39, 0.29) is 5.91 Å². The Labute approximate surface area is 188 Å². The second kappa shape index (κ2) is 9.33. The summed E-state index contributed by atoms with van der Waals surface area (Å²) in [5.41, 5.74) is 1.46. The van der Waals surface area contributed by atoms with Crippen molar-refractivity contribution in [3.63, 3.8) is 0 Å². The summed E-state index contributed by atoms with van der Waals surface area (Å²) in [6, 6.07) is 15.5. The average Bonchev–Trinajstić information content (AvgIpc) is 3.22. The molecule has 0 radical (unpaired) electrons. The van der Waals surface area contributed by atoms with Crippen molar-refractivity contribution in [3.8, 4) is 11.3 Å². The summed E-state index contributed by atoms with van der Waals surface area (Å²) in [6.45, 7) is 1.24. The van der Waals surface area contributed by atoms with Crippen molar-refractivity contribution in [2.75, 3.05) is 13.2 Å². The summed E-state index contributed by atoms with van der Waals surface area (Å²) in [6.07, 6.45) is 3.84. The first-order valence-electron chi connectivity index (χ1n) is 9.90. The molecule has 0 saturated carbocycles. The van der Waals surface area contributed by atoms with Crippen LogP contribution >= 0.6 is 27.5 Å². The van der Waals surface area contributed by atoms with Crippen molar-refractivity contribution in [2.45, 2.75) is 31.2 Å². The second-order valence-corrected chi connectivity index (χ2v) is 8.67. The van der Waals surface area contributed by atoms with E-state index in [0.717, 1.165) is 28.4 Å². The van der Waals surface area contributed by atoms with Crippen molar-refractivity contribution in [3.05, 3.63) is 75.7 Å². The lowest BCUT2D eigenvalue weighted by molar-refractivity contribution is -0.124. The van der Waals surface area contributed by atoms with Crippen LogP contribution in [0.15, 0.2) is 63.6 Å². The molecule has 156 valence electrons. The number of nitrogens with one attached hydrogen (secondary N) is 1. The molecule has 1 aliphatic rings. The van der Waals surface area contributed by atoms with Crippen molar-refractivity contribution >= 4 is 33.4 Å². The minimum Gasteiger partial charge on any atom is -0.441 e. The van der Waals surface area contributed by atoms with Crippen LogP contribution in [0.25, 0.3) is 11.3 Å². The normalized spacial score (nSPS) is 15.7. The van der Waals surface area contributed by atoms with E-state index in [0.29, 0.717) is 42.7 Å². The molecule has 1 fully saturated rings. The quantitative estimate of drug-likeness (QED) is 0.496. The molecule has 2 heterocycles. The van der Waals surface area contributed by atoms with Crippen LogP contribution in [0, 0.1) is 0 Å².